The van der Waals surface area contributed by atoms with Gasteiger partial charge < -0.3 is 5.73 Å². The van der Waals surface area contributed by atoms with E-state index in [0.717, 1.165) is 11.3 Å². The molecule has 0 radical (unpaired) electrons. The van der Waals surface area contributed by atoms with Crippen LogP contribution in [-0.2, 0) is 10.0 Å². The smallest absolute Gasteiger partial charge is 0.263 e. The molecule has 0 fully saturated rings. The Kier molecular flexibility index (Phi) is 4.01. The van der Waals surface area contributed by atoms with Crippen molar-refractivity contribution in [3.8, 4) is 0 Å². The zero-order valence-corrected chi connectivity index (χ0v) is 13.4. The number of pyridine rings is 1. The van der Waals surface area contributed by atoms with Crippen molar-refractivity contribution in [2.24, 2.45) is 0 Å². The summed E-state index contributed by atoms with van der Waals surface area (Å²) in [4.78, 5) is 4.28. The van der Waals surface area contributed by atoms with Gasteiger partial charge in [-0.05, 0) is 65.7 Å². The fraction of sp³-hybridized carbons (Fsp3) is 0.154. The van der Waals surface area contributed by atoms with E-state index in [0.29, 0.717) is 16.0 Å². The summed E-state index contributed by atoms with van der Waals surface area (Å²) in [6.07, 6.45) is 0. The maximum absolute atomic E-state index is 12.3. The second-order valence-corrected chi connectivity index (χ2v) is 7.00. The third-order valence-electron chi connectivity index (χ3n) is 2.62. The molecule has 0 unspecified atom stereocenters. The van der Waals surface area contributed by atoms with E-state index in [1.807, 2.05) is 19.9 Å². The maximum Gasteiger partial charge on any atom is 0.263 e. The minimum absolute atomic E-state index is 0.125. The van der Waals surface area contributed by atoms with Crippen LogP contribution in [0.2, 0.25) is 0 Å². The van der Waals surface area contributed by atoms with E-state index in [1.165, 1.54) is 18.2 Å². The molecule has 0 aliphatic carbocycles. The van der Waals surface area contributed by atoms with Gasteiger partial charge in [0.15, 0.2) is 0 Å². The first-order valence-electron chi connectivity index (χ1n) is 5.81. The first-order chi connectivity index (χ1) is 9.28. The summed E-state index contributed by atoms with van der Waals surface area (Å²) in [6, 6.07) is 7.99. The van der Waals surface area contributed by atoms with E-state index in [4.69, 9.17) is 5.73 Å². The van der Waals surface area contributed by atoms with E-state index < -0.39 is 10.0 Å². The number of aromatic nitrogens is 1. The molecular formula is C13H14BrN3O2S. The zero-order valence-electron chi connectivity index (χ0n) is 11.0. The van der Waals surface area contributed by atoms with Crippen LogP contribution in [0.3, 0.4) is 0 Å². The van der Waals surface area contributed by atoms with Crippen molar-refractivity contribution in [1.29, 1.82) is 0 Å². The molecular weight excluding hydrogens is 342 g/mol. The Hall–Kier alpha value is -1.60. The molecule has 106 valence electrons. The molecule has 2 rings (SSSR count). The fourth-order valence-electron chi connectivity index (χ4n) is 1.77. The van der Waals surface area contributed by atoms with Gasteiger partial charge >= 0.3 is 0 Å². The summed E-state index contributed by atoms with van der Waals surface area (Å²) in [7, 11) is -3.68. The van der Waals surface area contributed by atoms with Gasteiger partial charge in [-0.1, -0.05) is 0 Å². The number of benzene rings is 1. The topological polar surface area (TPSA) is 85.1 Å². The highest BCUT2D eigenvalue weighted by Crippen LogP contribution is 2.24. The van der Waals surface area contributed by atoms with Gasteiger partial charge in [-0.2, -0.15) is 0 Å². The van der Waals surface area contributed by atoms with Crippen LogP contribution in [-0.4, -0.2) is 13.4 Å². The highest BCUT2D eigenvalue weighted by Gasteiger charge is 2.16. The van der Waals surface area contributed by atoms with Crippen LogP contribution in [0, 0.1) is 13.8 Å². The van der Waals surface area contributed by atoms with Gasteiger partial charge in [-0.25, -0.2) is 13.4 Å². The number of nitrogens with two attached hydrogens (primary N) is 1. The van der Waals surface area contributed by atoms with E-state index in [-0.39, 0.29) is 4.90 Å². The highest BCUT2D eigenvalue weighted by atomic mass is 79.9. The van der Waals surface area contributed by atoms with E-state index >= 15 is 0 Å². The number of hydrogen-bond donors (Lipinski definition) is 2. The SMILES string of the molecule is Cc1cc(C)nc(NS(=O)(=O)c2ccc(N)c(Br)c2)c1. The van der Waals surface area contributed by atoms with Gasteiger partial charge in [0.2, 0.25) is 0 Å². The van der Waals surface area contributed by atoms with Gasteiger partial charge in [0, 0.05) is 15.9 Å². The summed E-state index contributed by atoms with van der Waals surface area (Å²) >= 11 is 3.21. The highest BCUT2D eigenvalue weighted by molar-refractivity contribution is 9.10. The number of sulfonamides is 1. The molecule has 0 aliphatic heterocycles. The predicted molar refractivity (Wildman–Crippen MR) is 83.1 cm³/mol. The van der Waals surface area contributed by atoms with Crippen molar-refractivity contribution in [3.63, 3.8) is 0 Å². The molecule has 1 heterocycles. The monoisotopic (exact) mass is 355 g/mol. The number of rotatable bonds is 3. The Morgan fingerprint density at radius 3 is 2.50 bits per heavy atom. The molecule has 1 aromatic carbocycles. The lowest BCUT2D eigenvalue weighted by molar-refractivity contribution is 0.601. The van der Waals surface area contributed by atoms with Crippen LogP contribution in [0.1, 0.15) is 11.3 Å². The van der Waals surface area contributed by atoms with Crippen LogP contribution in [0.25, 0.3) is 0 Å². The van der Waals surface area contributed by atoms with Gasteiger partial charge in [-0.3, -0.25) is 4.72 Å². The summed E-state index contributed by atoms with van der Waals surface area (Å²) in [5.41, 5.74) is 7.82. The van der Waals surface area contributed by atoms with Gasteiger partial charge in [0.1, 0.15) is 5.82 Å². The molecule has 0 spiro atoms. The van der Waals surface area contributed by atoms with Crippen molar-refractivity contribution >= 4 is 37.5 Å². The number of nitrogen functional groups attached to an aromatic ring is 1. The van der Waals surface area contributed by atoms with Crippen molar-refractivity contribution < 1.29 is 8.42 Å². The second-order valence-electron chi connectivity index (χ2n) is 4.46. The van der Waals surface area contributed by atoms with E-state index in [1.54, 1.807) is 6.07 Å². The molecule has 2 aromatic rings. The Morgan fingerprint density at radius 1 is 1.20 bits per heavy atom. The predicted octanol–water partition coefficient (Wildman–Crippen LogP) is 2.84. The quantitative estimate of drug-likeness (QED) is 0.829. The van der Waals surface area contributed by atoms with Crippen molar-refractivity contribution in [2.75, 3.05) is 10.5 Å². The normalized spacial score (nSPS) is 11.3. The molecule has 0 atom stereocenters. The number of hydrogen-bond acceptors (Lipinski definition) is 4. The summed E-state index contributed by atoms with van der Waals surface area (Å²) in [6.45, 7) is 3.69. The number of aryl methyl sites for hydroxylation is 2. The first-order valence-corrected chi connectivity index (χ1v) is 8.09. The number of anilines is 2. The third kappa shape index (κ3) is 3.29. The van der Waals surface area contributed by atoms with Crippen molar-refractivity contribution in [2.45, 2.75) is 18.7 Å². The zero-order chi connectivity index (χ0) is 14.9. The third-order valence-corrected chi connectivity index (χ3v) is 4.66. The lowest BCUT2D eigenvalue weighted by atomic mass is 10.2. The van der Waals surface area contributed by atoms with Crippen LogP contribution in [0.4, 0.5) is 11.5 Å². The number of nitrogens with one attached hydrogen (secondary N) is 1. The largest absolute Gasteiger partial charge is 0.398 e. The molecule has 5 nitrogen and oxygen atoms in total. The molecule has 0 bridgehead atoms. The average Bonchev–Trinajstić information content (AvgIpc) is 2.30. The van der Waals surface area contributed by atoms with Crippen LogP contribution in [0.15, 0.2) is 39.7 Å². The molecule has 0 saturated carbocycles. The van der Waals surface area contributed by atoms with Crippen molar-refractivity contribution in [1.82, 2.24) is 4.98 Å². The van der Waals surface area contributed by atoms with Crippen LogP contribution in [0.5, 0.6) is 0 Å². The van der Waals surface area contributed by atoms with Gasteiger partial charge in [-0.15, -0.1) is 0 Å². The molecule has 0 aliphatic rings. The molecule has 0 amide bonds. The number of halogens is 1. The Morgan fingerprint density at radius 2 is 1.90 bits per heavy atom. The lowest BCUT2D eigenvalue weighted by Crippen LogP contribution is -2.14. The molecule has 20 heavy (non-hydrogen) atoms. The Labute approximate surface area is 126 Å². The first kappa shape index (κ1) is 14.8. The lowest BCUT2D eigenvalue weighted by Gasteiger charge is -2.09. The maximum atomic E-state index is 12.3. The minimum atomic E-state index is -3.68. The second kappa shape index (κ2) is 5.41. The van der Waals surface area contributed by atoms with Crippen molar-refractivity contribution in [3.05, 3.63) is 46.1 Å². The van der Waals surface area contributed by atoms with E-state index in [9.17, 15) is 8.42 Å². The standard InChI is InChI=1S/C13H14BrN3O2S/c1-8-5-9(2)16-13(6-8)17-20(18,19)10-3-4-12(15)11(14)7-10/h3-7H,15H2,1-2H3,(H,16,17). The Balaban J connectivity index is 2.37. The van der Waals surface area contributed by atoms with Gasteiger partial charge in [0.25, 0.3) is 10.0 Å². The summed E-state index contributed by atoms with van der Waals surface area (Å²) < 4.78 is 27.5. The fourth-order valence-corrected chi connectivity index (χ4v) is 3.31. The minimum Gasteiger partial charge on any atom is -0.398 e. The van der Waals surface area contributed by atoms with Crippen LogP contribution < -0.4 is 10.5 Å². The summed E-state index contributed by atoms with van der Waals surface area (Å²) in [5.74, 6) is 0.301. The molecule has 0 saturated heterocycles. The number of nitrogens with zero attached hydrogens (tertiary/aromatic N) is 1. The molecule has 1 aromatic heterocycles. The summed E-state index contributed by atoms with van der Waals surface area (Å²) in [5, 5.41) is 0. The molecule has 3 N–H and O–H groups in total. The van der Waals surface area contributed by atoms with Gasteiger partial charge in [0.05, 0.1) is 4.90 Å². The van der Waals surface area contributed by atoms with E-state index in [2.05, 4.69) is 25.6 Å². The average molecular weight is 356 g/mol. The Bertz CT molecular complexity index is 740. The van der Waals surface area contributed by atoms with Crippen LogP contribution >= 0.6 is 15.9 Å². The molecule has 7 heteroatoms.